The number of nitrogens with two attached hydrogens (primary N) is 2. The maximum Gasteiger partial charge on any atom is 0.248 e. The van der Waals surface area contributed by atoms with E-state index in [0.29, 0.717) is 46.2 Å². The Labute approximate surface area is 168 Å². The van der Waals surface area contributed by atoms with Gasteiger partial charge in [-0.1, -0.05) is 6.07 Å². The Morgan fingerprint density at radius 3 is 2.52 bits per heavy atom. The van der Waals surface area contributed by atoms with E-state index in [0.717, 1.165) is 11.3 Å². The first-order chi connectivity index (χ1) is 13.8. The number of hydrogen-bond acceptors (Lipinski definition) is 6. The van der Waals surface area contributed by atoms with Gasteiger partial charge in [0.05, 0.1) is 30.9 Å². The van der Waals surface area contributed by atoms with Crippen LogP contribution in [0.2, 0.25) is 0 Å². The van der Waals surface area contributed by atoms with Crippen molar-refractivity contribution >= 4 is 17.5 Å². The van der Waals surface area contributed by atoms with E-state index in [-0.39, 0.29) is 0 Å². The standard InChI is InChI=1S/C21H24N4O4/c1-5-29-21-17-16(13-7-6-12(19(22)26)8-14(13)28-4)15(20(23)27)11(3)25-18(17)10(2)9-24-21/h6-9,16,25H,5H2,1-4H3,(H2,22,26)(H2,23,27)/t16-/m1/s1. The number of ether oxygens (including phenoxy) is 2. The molecule has 2 amide bonds. The highest BCUT2D eigenvalue weighted by atomic mass is 16.5. The van der Waals surface area contributed by atoms with Crippen molar-refractivity contribution in [2.45, 2.75) is 26.7 Å². The molecule has 0 aliphatic carbocycles. The molecule has 0 fully saturated rings. The van der Waals surface area contributed by atoms with E-state index in [2.05, 4.69) is 10.3 Å². The topological polar surface area (TPSA) is 130 Å². The molecule has 152 valence electrons. The van der Waals surface area contributed by atoms with Crippen LogP contribution in [0.25, 0.3) is 0 Å². The van der Waals surface area contributed by atoms with Gasteiger partial charge in [0.15, 0.2) is 0 Å². The molecule has 1 aromatic heterocycles. The molecule has 0 bridgehead atoms. The summed E-state index contributed by atoms with van der Waals surface area (Å²) in [5.74, 6) is -0.923. The summed E-state index contributed by atoms with van der Waals surface area (Å²) in [6.45, 7) is 5.97. The molecule has 1 aromatic carbocycles. The van der Waals surface area contributed by atoms with Gasteiger partial charge in [0.1, 0.15) is 5.75 Å². The third-order valence-corrected chi connectivity index (χ3v) is 4.94. The monoisotopic (exact) mass is 396 g/mol. The normalized spacial score (nSPS) is 15.4. The molecule has 0 saturated heterocycles. The van der Waals surface area contributed by atoms with Gasteiger partial charge in [-0.05, 0) is 38.5 Å². The third kappa shape index (κ3) is 3.49. The summed E-state index contributed by atoms with van der Waals surface area (Å²) in [4.78, 5) is 28.5. The molecule has 8 heteroatoms. The summed E-state index contributed by atoms with van der Waals surface area (Å²) in [7, 11) is 1.49. The fourth-order valence-corrected chi connectivity index (χ4v) is 3.65. The maximum atomic E-state index is 12.4. The fraction of sp³-hybridized carbons (Fsp3) is 0.286. The lowest BCUT2D eigenvalue weighted by Crippen LogP contribution is -2.29. The zero-order valence-corrected chi connectivity index (χ0v) is 16.8. The van der Waals surface area contributed by atoms with Gasteiger partial charge in [-0.3, -0.25) is 9.59 Å². The number of carbonyl (C=O) groups excluding carboxylic acids is 2. The number of nitrogens with zero attached hydrogens (tertiary/aromatic N) is 1. The van der Waals surface area contributed by atoms with Crippen LogP contribution in [0.4, 0.5) is 5.69 Å². The Morgan fingerprint density at radius 2 is 1.93 bits per heavy atom. The number of primary amides is 2. The average molecular weight is 396 g/mol. The second kappa shape index (κ2) is 7.83. The minimum absolute atomic E-state index is 0.300. The second-order valence-corrected chi connectivity index (χ2v) is 6.75. The highest BCUT2D eigenvalue weighted by Gasteiger charge is 2.37. The summed E-state index contributed by atoms with van der Waals surface area (Å²) >= 11 is 0. The predicted octanol–water partition coefficient (Wildman–Crippen LogP) is 2.21. The Hall–Kier alpha value is -3.55. The molecule has 0 radical (unpaired) electrons. The van der Waals surface area contributed by atoms with Crippen molar-refractivity contribution in [3.05, 3.63) is 57.9 Å². The third-order valence-electron chi connectivity index (χ3n) is 4.94. The minimum atomic E-state index is -0.588. The lowest BCUT2D eigenvalue weighted by Gasteiger charge is -2.32. The predicted molar refractivity (Wildman–Crippen MR) is 109 cm³/mol. The molecule has 8 nitrogen and oxygen atoms in total. The van der Waals surface area contributed by atoms with E-state index in [1.54, 1.807) is 31.3 Å². The van der Waals surface area contributed by atoms with Crippen molar-refractivity contribution in [1.29, 1.82) is 0 Å². The number of rotatable bonds is 6. The van der Waals surface area contributed by atoms with Crippen LogP contribution in [0.15, 0.2) is 35.7 Å². The van der Waals surface area contributed by atoms with Crippen LogP contribution in [0.3, 0.4) is 0 Å². The quantitative estimate of drug-likeness (QED) is 0.686. The van der Waals surface area contributed by atoms with Gasteiger partial charge in [0.2, 0.25) is 17.7 Å². The van der Waals surface area contributed by atoms with E-state index in [4.69, 9.17) is 20.9 Å². The number of pyridine rings is 1. The summed E-state index contributed by atoms with van der Waals surface area (Å²) < 4.78 is 11.3. The number of amides is 2. The van der Waals surface area contributed by atoms with Crippen LogP contribution >= 0.6 is 0 Å². The van der Waals surface area contributed by atoms with Crippen molar-refractivity contribution in [1.82, 2.24) is 4.98 Å². The Bertz CT molecular complexity index is 1030. The van der Waals surface area contributed by atoms with E-state index >= 15 is 0 Å². The van der Waals surface area contributed by atoms with E-state index in [1.165, 1.54) is 7.11 Å². The second-order valence-electron chi connectivity index (χ2n) is 6.75. The average Bonchev–Trinajstić information content (AvgIpc) is 2.68. The van der Waals surface area contributed by atoms with Crippen LogP contribution in [-0.2, 0) is 4.79 Å². The van der Waals surface area contributed by atoms with Crippen LogP contribution in [0.1, 0.15) is 46.8 Å². The molecule has 1 aliphatic heterocycles. The lowest BCUT2D eigenvalue weighted by atomic mass is 9.79. The number of benzene rings is 1. The number of aryl methyl sites for hydroxylation is 1. The van der Waals surface area contributed by atoms with Gasteiger partial charge >= 0.3 is 0 Å². The van der Waals surface area contributed by atoms with Crippen molar-refractivity contribution in [3.8, 4) is 11.6 Å². The van der Waals surface area contributed by atoms with Gasteiger partial charge < -0.3 is 26.3 Å². The van der Waals surface area contributed by atoms with E-state index < -0.39 is 17.7 Å². The van der Waals surface area contributed by atoms with Crippen LogP contribution in [-0.4, -0.2) is 30.5 Å². The summed E-state index contributed by atoms with van der Waals surface area (Å²) in [6, 6.07) is 4.86. The zero-order valence-electron chi connectivity index (χ0n) is 16.8. The summed E-state index contributed by atoms with van der Waals surface area (Å²) in [5, 5.41) is 3.27. The van der Waals surface area contributed by atoms with Gasteiger partial charge in [-0.2, -0.15) is 0 Å². The maximum absolute atomic E-state index is 12.4. The number of fused-ring (bicyclic) bond motifs is 1. The number of aromatic nitrogens is 1. The molecular formula is C21H24N4O4. The smallest absolute Gasteiger partial charge is 0.248 e. The highest BCUT2D eigenvalue weighted by Crippen LogP contribution is 2.48. The number of carbonyl (C=O) groups is 2. The van der Waals surface area contributed by atoms with Crippen molar-refractivity contribution in [2.24, 2.45) is 11.5 Å². The lowest BCUT2D eigenvalue weighted by molar-refractivity contribution is -0.114. The molecule has 29 heavy (non-hydrogen) atoms. The SMILES string of the molecule is CCOc1ncc(C)c2c1[C@H](c1ccc(C(N)=O)cc1OC)C(C(N)=O)=C(C)N2. The first kappa shape index (κ1) is 20.2. The number of anilines is 1. The molecule has 3 rings (SSSR count). The van der Waals surface area contributed by atoms with Gasteiger partial charge in [-0.25, -0.2) is 4.98 Å². The number of methoxy groups -OCH3 is 1. The van der Waals surface area contributed by atoms with Crippen LogP contribution < -0.4 is 26.3 Å². The van der Waals surface area contributed by atoms with Crippen molar-refractivity contribution in [3.63, 3.8) is 0 Å². The summed E-state index contributed by atoms with van der Waals surface area (Å²) in [6.07, 6.45) is 1.71. The molecule has 1 aliphatic rings. The largest absolute Gasteiger partial charge is 0.496 e. The minimum Gasteiger partial charge on any atom is -0.496 e. The van der Waals surface area contributed by atoms with Crippen LogP contribution in [0, 0.1) is 6.92 Å². The molecule has 2 heterocycles. The number of nitrogens with one attached hydrogen (secondary N) is 1. The number of hydrogen-bond donors (Lipinski definition) is 3. The van der Waals surface area contributed by atoms with Crippen molar-refractivity contribution < 1.29 is 19.1 Å². The molecule has 0 saturated carbocycles. The Balaban J connectivity index is 2.36. The molecule has 5 N–H and O–H groups in total. The first-order valence-corrected chi connectivity index (χ1v) is 9.17. The van der Waals surface area contributed by atoms with E-state index in [9.17, 15) is 9.59 Å². The number of allylic oxidation sites excluding steroid dienone is 1. The van der Waals surface area contributed by atoms with E-state index in [1.807, 2.05) is 13.8 Å². The molecule has 0 unspecified atom stereocenters. The Kier molecular flexibility index (Phi) is 5.45. The molecule has 2 aromatic rings. The highest BCUT2D eigenvalue weighted by molar-refractivity contribution is 5.98. The zero-order chi connectivity index (χ0) is 21.3. The molecular weight excluding hydrogens is 372 g/mol. The molecule has 1 atom stereocenters. The fourth-order valence-electron chi connectivity index (χ4n) is 3.65. The van der Waals surface area contributed by atoms with Gasteiger partial charge in [0.25, 0.3) is 0 Å². The summed E-state index contributed by atoms with van der Waals surface area (Å²) in [5.41, 5.74) is 15.5. The van der Waals surface area contributed by atoms with Gasteiger partial charge in [0, 0.05) is 28.6 Å². The first-order valence-electron chi connectivity index (χ1n) is 9.17. The molecule has 0 spiro atoms. The van der Waals surface area contributed by atoms with Gasteiger partial charge in [-0.15, -0.1) is 0 Å². The van der Waals surface area contributed by atoms with Crippen molar-refractivity contribution in [2.75, 3.05) is 19.0 Å². The Morgan fingerprint density at radius 1 is 1.21 bits per heavy atom. The van der Waals surface area contributed by atoms with Crippen LogP contribution in [0.5, 0.6) is 11.6 Å².